The fraction of sp³-hybridized carbons (Fsp3) is 0.643. The Kier molecular flexibility index (Phi) is 5.08. The van der Waals surface area contributed by atoms with Crippen LogP contribution >= 0.6 is 0 Å². The fourth-order valence-electron chi connectivity index (χ4n) is 2.44. The summed E-state index contributed by atoms with van der Waals surface area (Å²) < 4.78 is 49.8. The lowest BCUT2D eigenvalue weighted by Crippen LogP contribution is -2.46. The zero-order valence-corrected chi connectivity index (χ0v) is 13.1. The third-order valence-corrected chi connectivity index (χ3v) is 3.24. The van der Waals surface area contributed by atoms with Crippen molar-refractivity contribution in [1.29, 1.82) is 0 Å². The van der Waals surface area contributed by atoms with E-state index in [0.717, 1.165) is 6.20 Å². The van der Waals surface area contributed by atoms with E-state index >= 15 is 0 Å². The third-order valence-electron chi connectivity index (χ3n) is 3.24. The Morgan fingerprint density at radius 2 is 2.00 bits per heavy atom. The number of ether oxygens (including phenoxy) is 2. The Bertz CT molecular complexity index is 570. The van der Waals surface area contributed by atoms with Gasteiger partial charge in [-0.2, -0.15) is 13.2 Å². The molecule has 23 heavy (non-hydrogen) atoms. The number of morpholine rings is 1. The molecule has 0 saturated carbocycles. The van der Waals surface area contributed by atoms with Crippen molar-refractivity contribution in [3.63, 3.8) is 0 Å². The van der Waals surface area contributed by atoms with Crippen molar-refractivity contribution in [3.05, 3.63) is 17.5 Å². The molecule has 0 spiro atoms. The van der Waals surface area contributed by atoms with Crippen LogP contribution in [0.5, 0.6) is 0 Å². The van der Waals surface area contributed by atoms with E-state index in [1.54, 1.807) is 4.90 Å². The molecule has 128 valence electrons. The van der Waals surface area contributed by atoms with E-state index in [2.05, 4.69) is 14.7 Å². The number of esters is 1. The molecule has 1 saturated heterocycles. The number of hydrogen-bond donors (Lipinski definition) is 0. The average Bonchev–Trinajstić information content (AvgIpc) is 2.45. The van der Waals surface area contributed by atoms with E-state index in [9.17, 15) is 18.0 Å². The summed E-state index contributed by atoms with van der Waals surface area (Å²) in [5, 5.41) is 0. The van der Waals surface area contributed by atoms with Gasteiger partial charge in [0.1, 0.15) is 5.56 Å². The summed E-state index contributed by atoms with van der Waals surface area (Å²) in [4.78, 5) is 20.8. The van der Waals surface area contributed by atoms with Crippen molar-refractivity contribution in [1.82, 2.24) is 9.97 Å². The molecule has 0 aromatic carbocycles. The number of anilines is 1. The number of halogens is 3. The highest BCUT2D eigenvalue weighted by molar-refractivity contribution is 5.90. The number of nitrogens with zero attached hydrogens (tertiary/aromatic N) is 3. The first kappa shape index (κ1) is 17.5. The zero-order valence-electron chi connectivity index (χ0n) is 13.1. The zero-order chi connectivity index (χ0) is 17.2. The van der Waals surface area contributed by atoms with E-state index < -0.39 is 23.4 Å². The number of carbonyl (C=O) groups excluding carboxylic acids is 1. The largest absolute Gasteiger partial charge is 0.462 e. The molecule has 9 heteroatoms. The summed E-state index contributed by atoms with van der Waals surface area (Å²) in [7, 11) is 0. The van der Waals surface area contributed by atoms with Crippen LogP contribution in [0, 0.1) is 0 Å². The SMILES string of the molecule is CCOC(=O)c1cnc(N2CC(C)OC(C)C2)nc1C(F)(F)F. The monoisotopic (exact) mass is 333 g/mol. The second-order valence-corrected chi connectivity index (χ2v) is 5.31. The molecule has 2 rings (SSSR count). The summed E-state index contributed by atoms with van der Waals surface area (Å²) in [6.07, 6.45) is -4.21. The van der Waals surface area contributed by atoms with Gasteiger partial charge in [0.25, 0.3) is 0 Å². The highest BCUT2D eigenvalue weighted by Gasteiger charge is 2.39. The molecule has 2 atom stereocenters. The molecular formula is C14H18F3N3O3. The molecular weight excluding hydrogens is 315 g/mol. The fourth-order valence-corrected chi connectivity index (χ4v) is 2.44. The maximum Gasteiger partial charge on any atom is 0.434 e. The van der Waals surface area contributed by atoms with Gasteiger partial charge in [-0.05, 0) is 20.8 Å². The van der Waals surface area contributed by atoms with Gasteiger partial charge >= 0.3 is 12.1 Å². The van der Waals surface area contributed by atoms with Crippen LogP contribution < -0.4 is 4.90 Å². The van der Waals surface area contributed by atoms with Gasteiger partial charge in [-0.3, -0.25) is 0 Å². The van der Waals surface area contributed by atoms with Crippen LogP contribution in [0.3, 0.4) is 0 Å². The predicted molar refractivity (Wildman–Crippen MR) is 75.2 cm³/mol. The molecule has 2 heterocycles. The minimum Gasteiger partial charge on any atom is -0.462 e. The van der Waals surface area contributed by atoms with Crippen molar-refractivity contribution in [2.75, 3.05) is 24.6 Å². The van der Waals surface area contributed by atoms with E-state index in [-0.39, 0.29) is 24.8 Å². The van der Waals surface area contributed by atoms with Crippen LogP contribution in [0.15, 0.2) is 6.20 Å². The first-order valence-corrected chi connectivity index (χ1v) is 7.24. The summed E-state index contributed by atoms with van der Waals surface area (Å²) in [6, 6.07) is 0. The molecule has 0 amide bonds. The van der Waals surface area contributed by atoms with Gasteiger partial charge in [0.15, 0.2) is 5.69 Å². The minimum atomic E-state index is -4.77. The number of hydrogen-bond acceptors (Lipinski definition) is 6. The summed E-state index contributed by atoms with van der Waals surface area (Å²) in [5.74, 6) is -1.16. The highest BCUT2D eigenvalue weighted by Crippen LogP contribution is 2.32. The van der Waals surface area contributed by atoms with Crippen molar-refractivity contribution in [2.24, 2.45) is 0 Å². The van der Waals surface area contributed by atoms with Gasteiger partial charge < -0.3 is 14.4 Å². The van der Waals surface area contributed by atoms with E-state index in [1.165, 1.54) is 6.92 Å². The Labute approximate surface area is 131 Å². The molecule has 1 aromatic rings. The van der Waals surface area contributed by atoms with Crippen molar-refractivity contribution >= 4 is 11.9 Å². The van der Waals surface area contributed by atoms with E-state index in [0.29, 0.717) is 13.1 Å². The van der Waals surface area contributed by atoms with E-state index in [1.807, 2.05) is 13.8 Å². The predicted octanol–water partition coefficient (Wildman–Crippen LogP) is 2.29. The normalized spacial score (nSPS) is 22.1. The molecule has 6 nitrogen and oxygen atoms in total. The van der Waals surface area contributed by atoms with Crippen LogP contribution in [0.1, 0.15) is 36.8 Å². The van der Waals surface area contributed by atoms with Gasteiger partial charge in [-0.25, -0.2) is 14.8 Å². The Morgan fingerprint density at radius 3 is 2.52 bits per heavy atom. The molecule has 2 unspecified atom stereocenters. The summed E-state index contributed by atoms with van der Waals surface area (Å²) in [6.45, 7) is 5.87. The second kappa shape index (κ2) is 6.69. The maximum atomic E-state index is 13.2. The van der Waals surface area contributed by atoms with E-state index in [4.69, 9.17) is 4.74 Å². The molecule has 0 radical (unpaired) electrons. The first-order chi connectivity index (χ1) is 10.7. The third kappa shape index (κ3) is 4.10. The van der Waals surface area contributed by atoms with Gasteiger partial charge in [0, 0.05) is 19.3 Å². The Hall–Kier alpha value is -1.90. The number of rotatable bonds is 3. The van der Waals surface area contributed by atoms with Crippen molar-refractivity contribution in [2.45, 2.75) is 39.2 Å². The van der Waals surface area contributed by atoms with Gasteiger partial charge in [-0.1, -0.05) is 0 Å². The lowest BCUT2D eigenvalue weighted by molar-refractivity contribution is -0.141. The number of aromatic nitrogens is 2. The topological polar surface area (TPSA) is 64.5 Å². The first-order valence-electron chi connectivity index (χ1n) is 7.24. The van der Waals surface area contributed by atoms with Crippen molar-refractivity contribution in [3.8, 4) is 0 Å². The summed E-state index contributed by atoms with van der Waals surface area (Å²) >= 11 is 0. The van der Waals surface area contributed by atoms with Crippen molar-refractivity contribution < 1.29 is 27.4 Å². The standard InChI is InChI=1S/C14H18F3N3O3/c1-4-22-12(21)10-5-18-13(19-11(10)14(15,16)17)20-6-8(2)23-9(3)7-20/h5,8-9H,4,6-7H2,1-3H3. The molecule has 1 fully saturated rings. The molecule has 0 N–H and O–H groups in total. The molecule has 1 aromatic heterocycles. The quantitative estimate of drug-likeness (QED) is 0.791. The molecule has 1 aliphatic heterocycles. The van der Waals surface area contributed by atoms with Crippen LogP contribution in [-0.2, 0) is 15.7 Å². The van der Waals surface area contributed by atoms with Gasteiger partial charge in [0.2, 0.25) is 5.95 Å². The molecule has 0 bridgehead atoms. The smallest absolute Gasteiger partial charge is 0.434 e. The summed E-state index contributed by atoms with van der Waals surface area (Å²) in [5.41, 5.74) is -1.97. The molecule has 0 aliphatic carbocycles. The molecule has 1 aliphatic rings. The number of carbonyl (C=O) groups is 1. The van der Waals surface area contributed by atoms with Crippen LogP contribution in [-0.4, -0.2) is 47.8 Å². The van der Waals surface area contributed by atoms with Crippen LogP contribution in [0.2, 0.25) is 0 Å². The lowest BCUT2D eigenvalue weighted by atomic mass is 10.2. The maximum absolute atomic E-state index is 13.2. The minimum absolute atomic E-state index is 0.0314. The lowest BCUT2D eigenvalue weighted by Gasteiger charge is -2.35. The Morgan fingerprint density at radius 1 is 1.39 bits per heavy atom. The average molecular weight is 333 g/mol. The van der Waals surface area contributed by atoms with Crippen LogP contribution in [0.4, 0.5) is 19.1 Å². The second-order valence-electron chi connectivity index (χ2n) is 5.31. The highest BCUT2D eigenvalue weighted by atomic mass is 19.4. The van der Waals surface area contributed by atoms with Crippen LogP contribution in [0.25, 0.3) is 0 Å². The van der Waals surface area contributed by atoms with Gasteiger partial charge in [0.05, 0.1) is 18.8 Å². The van der Waals surface area contributed by atoms with Gasteiger partial charge in [-0.15, -0.1) is 0 Å². The Balaban J connectivity index is 2.38. The number of alkyl halides is 3.